The molecule has 1 aromatic heterocycles. The molecule has 1 unspecified atom stereocenters. The lowest BCUT2D eigenvalue weighted by Gasteiger charge is -2.18. The second-order valence-electron chi connectivity index (χ2n) is 4.99. The zero-order chi connectivity index (χ0) is 15.5. The highest BCUT2D eigenvalue weighted by Gasteiger charge is 2.29. The number of nitrogens with one attached hydrogen (secondary N) is 1. The second kappa shape index (κ2) is 6.75. The van der Waals surface area contributed by atoms with Crippen molar-refractivity contribution in [1.82, 2.24) is 5.32 Å². The molecular weight excluding hydrogens is 302 g/mol. The monoisotopic (exact) mass is 319 g/mol. The first-order valence-corrected chi connectivity index (χ1v) is 7.70. The maximum atomic E-state index is 13.2. The first-order chi connectivity index (χ1) is 9.89. The summed E-state index contributed by atoms with van der Waals surface area (Å²) in [5.74, 6) is -0.333. The van der Waals surface area contributed by atoms with Crippen LogP contribution in [0, 0.1) is 5.82 Å². The van der Waals surface area contributed by atoms with Crippen molar-refractivity contribution in [3.8, 4) is 0 Å². The molecule has 0 fully saturated rings. The second-order valence-corrected chi connectivity index (χ2v) is 6.11. The molecule has 0 radical (unpaired) electrons. The summed E-state index contributed by atoms with van der Waals surface area (Å²) < 4.78 is 51.4. The molecule has 21 heavy (non-hydrogen) atoms. The molecule has 1 N–H and O–H groups in total. The molecule has 1 heterocycles. The Kier molecular flexibility index (Phi) is 5.22. The van der Waals surface area contributed by atoms with E-state index < -0.39 is 12.6 Å². The minimum absolute atomic E-state index is 0.00119. The van der Waals surface area contributed by atoms with Crippen molar-refractivity contribution in [1.29, 1.82) is 0 Å². The third-order valence-electron chi connectivity index (χ3n) is 3.20. The zero-order valence-corrected chi connectivity index (χ0v) is 12.5. The number of hydrogen-bond donors (Lipinski definition) is 1. The van der Waals surface area contributed by atoms with Gasteiger partial charge >= 0.3 is 6.18 Å². The van der Waals surface area contributed by atoms with Crippen molar-refractivity contribution in [2.45, 2.75) is 38.4 Å². The van der Waals surface area contributed by atoms with Crippen LogP contribution in [0.5, 0.6) is 0 Å². The summed E-state index contributed by atoms with van der Waals surface area (Å²) in [7, 11) is 0. The Bertz CT molecular complexity index is 591. The van der Waals surface area contributed by atoms with Crippen LogP contribution >= 0.6 is 11.3 Å². The molecular formula is C15H17F4NS. The molecule has 1 aromatic carbocycles. The first-order valence-electron chi connectivity index (χ1n) is 6.88. The highest BCUT2D eigenvalue weighted by Crippen LogP contribution is 2.34. The summed E-state index contributed by atoms with van der Waals surface area (Å²) in [4.78, 5) is 0.827. The van der Waals surface area contributed by atoms with Gasteiger partial charge in [0, 0.05) is 22.0 Å². The Balaban J connectivity index is 2.20. The minimum Gasteiger partial charge on any atom is -0.309 e. The van der Waals surface area contributed by atoms with Crippen molar-refractivity contribution in [3.63, 3.8) is 0 Å². The molecule has 0 aliphatic rings. The van der Waals surface area contributed by atoms with Crippen LogP contribution in [0.1, 0.15) is 37.1 Å². The van der Waals surface area contributed by atoms with Crippen LogP contribution in [0.25, 0.3) is 10.1 Å². The van der Waals surface area contributed by atoms with Crippen LogP contribution in [-0.2, 0) is 0 Å². The van der Waals surface area contributed by atoms with E-state index in [2.05, 4.69) is 5.32 Å². The molecule has 2 rings (SSSR count). The van der Waals surface area contributed by atoms with E-state index in [4.69, 9.17) is 0 Å². The lowest BCUT2D eigenvalue weighted by molar-refractivity contribution is -0.136. The Hall–Kier alpha value is -1.14. The molecule has 1 atom stereocenters. The van der Waals surface area contributed by atoms with Gasteiger partial charge in [0.15, 0.2) is 0 Å². The van der Waals surface area contributed by atoms with Crippen molar-refractivity contribution in [3.05, 3.63) is 35.0 Å². The Labute approximate surface area is 125 Å². The lowest BCUT2D eigenvalue weighted by atomic mass is 10.1. The molecule has 0 amide bonds. The van der Waals surface area contributed by atoms with Gasteiger partial charge in [0.05, 0.1) is 0 Å². The zero-order valence-electron chi connectivity index (χ0n) is 11.6. The Morgan fingerprint density at radius 3 is 2.67 bits per heavy atom. The molecule has 6 heteroatoms. The maximum absolute atomic E-state index is 13.2. The van der Waals surface area contributed by atoms with Crippen LogP contribution in [0.2, 0.25) is 0 Å². The van der Waals surface area contributed by atoms with Gasteiger partial charge in [0.2, 0.25) is 0 Å². The van der Waals surface area contributed by atoms with Crippen molar-refractivity contribution < 1.29 is 17.6 Å². The summed E-state index contributed by atoms with van der Waals surface area (Å²) in [5.41, 5.74) is 0. The van der Waals surface area contributed by atoms with Gasteiger partial charge in [-0.3, -0.25) is 0 Å². The molecule has 0 saturated heterocycles. The SMILES string of the molecule is CCCNC(CCC(F)(F)F)c1cc2cc(F)ccc2s1. The van der Waals surface area contributed by atoms with E-state index in [1.807, 2.05) is 6.92 Å². The van der Waals surface area contributed by atoms with E-state index in [1.54, 1.807) is 12.1 Å². The number of fused-ring (bicyclic) bond motifs is 1. The van der Waals surface area contributed by atoms with Crippen molar-refractivity contribution in [2.24, 2.45) is 0 Å². The summed E-state index contributed by atoms with van der Waals surface area (Å²) in [6.07, 6.45) is -4.13. The fraction of sp³-hybridized carbons (Fsp3) is 0.467. The van der Waals surface area contributed by atoms with Gasteiger partial charge in [-0.1, -0.05) is 6.92 Å². The topological polar surface area (TPSA) is 12.0 Å². The molecule has 0 aliphatic heterocycles. The highest BCUT2D eigenvalue weighted by atomic mass is 32.1. The predicted octanol–water partition coefficient (Wildman–Crippen LogP) is 5.42. The Morgan fingerprint density at radius 2 is 2.00 bits per heavy atom. The molecule has 0 spiro atoms. The average molecular weight is 319 g/mol. The number of thiophene rings is 1. The van der Waals surface area contributed by atoms with Crippen LogP contribution < -0.4 is 5.32 Å². The summed E-state index contributed by atoms with van der Waals surface area (Å²) in [6, 6.07) is 5.89. The van der Waals surface area contributed by atoms with Gasteiger partial charge < -0.3 is 5.32 Å². The number of halogens is 4. The number of rotatable bonds is 6. The summed E-state index contributed by atoms with van der Waals surface area (Å²) in [6.45, 7) is 2.62. The number of alkyl halides is 3. The fourth-order valence-corrected chi connectivity index (χ4v) is 3.33. The standard InChI is InChI=1S/C15H17F4NS/c1-2-7-20-12(5-6-15(17,18)19)14-9-10-8-11(16)3-4-13(10)21-14/h3-4,8-9,12,20H,2,5-7H2,1H3. The highest BCUT2D eigenvalue weighted by molar-refractivity contribution is 7.19. The normalized spacial score (nSPS) is 13.8. The predicted molar refractivity (Wildman–Crippen MR) is 78.1 cm³/mol. The van der Waals surface area contributed by atoms with Crippen molar-refractivity contribution in [2.75, 3.05) is 6.54 Å². The van der Waals surface area contributed by atoms with Crippen LogP contribution in [-0.4, -0.2) is 12.7 Å². The number of hydrogen-bond acceptors (Lipinski definition) is 2. The van der Waals surface area contributed by atoms with Crippen molar-refractivity contribution >= 4 is 21.4 Å². The van der Waals surface area contributed by atoms with Gasteiger partial charge in [-0.25, -0.2) is 4.39 Å². The van der Waals surface area contributed by atoms with Gasteiger partial charge in [0.25, 0.3) is 0 Å². The molecule has 1 nitrogen and oxygen atoms in total. The van der Waals surface area contributed by atoms with Crippen LogP contribution in [0.3, 0.4) is 0 Å². The third-order valence-corrected chi connectivity index (χ3v) is 4.43. The molecule has 116 valence electrons. The molecule has 0 saturated carbocycles. The van der Waals surface area contributed by atoms with Crippen LogP contribution in [0.15, 0.2) is 24.3 Å². The molecule has 0 aliphatic carbocycles. The maximum Gasteiger partial charge on any atom is 0.389 e. The third kappa shape index (κ3) is 4.68. The van der Waals surface area contributed by atoms with E-state index in [1.165, 1.54) is 23.5 Å². The number of benzene rings is 1. The quantitative estimate of drug-likeness (QED) is 0.701. The van der Waals surface area contributed by atoms with E-state index in [0.29, 0.717) is 6.54 Å². The summed E-state index contributed by atoms with van der Waals surface area (Å²) >= 11 is 1.42. The van der Waals surface area contributed by atoms with E-state index >= 15 is 0 Å². The van der Waals surface area contributed by atoms with E-state index in [0.717, 1.165) is 21.4 Å². The smallest absolute Gasteiger partial charge is 0.309 e. The summed E-state index contributed by atoms with van der Waals surface area (Å²) in [5, 5.41) is 3.89. The first kappa shape index (κ1) is 16.2. The van der Waals surface area contributed by atoms with Gasteiger partial charge in [-0.15, -0.1) is 11.3 Å². The lowest BCUT2D eigenvalue weighted by Crippen LogP contribution is -2.23. The molecule has 0 bridgehead atoms. The Morgan fingerprint density at radius 1 is 1.24 bits per heavy atom. The van der Waals surface area contributed by atoms with E-state index in [-0.39, 0.29) is 18.3 Å². The van der Waals surface area contributed by atoms with Gasteiger partial charge in [-0.05, 0) is 49.0 Å². The fourth-order valence-electron chi connectivity index (χ4n) is 2.18. The molecule has 2 aromatic rings. The largest absolute Gasteiger partial charge is 0.389 e. The minimum atomic E-state index is -4.16. The van der Waals surface area contributed by atoms with E-state index in [9.17, 15) is 17.6 Å². The van der Waals surface area contributed by atoms with Gasteiger partial charge in [0.1, 0.15) is 5.82 Å². The van der Waals surface area contributed by atoms with Gasteiger partial charge in [-0.2, -0.15) is 13.2 Å². The van der Waals surface area contributed by atoms with Crippen LogP contribution in [0.4, 0.5) is 17.6 Å². The average Bonchev–Trinajstić information content (AvgIpc) is 2.80.